The van der Waals surface area contributed by atoms with Crippen LogP contribution < -0.4 is 16.0 Å². The van der Waals surface area contributed by atoms with Gasteiger partial charge in [0.05, 0.1) is 5.56 Å². The number of phenols is 1. The van der Waals surface area contributed by atoms with Crippen LogP contribution >= 0.6 is 34.8 Å². The van der Waals surface area contributed by atoms with Crippen LogP contribution in [0.4, 0.5) is 10.5 Å². The van der Waals surface area contributed by atoms with Gasteiger partial charge in [-0.1, -0.05) is 34.8 Å². The van der Waals surface area contributed by atoms with Gasteiger partial charge in [-0.3, -0.25) is 14.4 Å². The number of rotatable bonds is 5. The number of anilines is 1. The van der Waals surface area contributed by atoms with Gasteiger partial charge in [0.2, 0.25) is 9.58 Å². The van der Waals surface area contributed by atoms with E-state index in [1.54, 1.807) is 25.1 Å². The summed E-state index contributed by atoms with van der Waals surface area (Å²) >= 11 is 16.7. The predicted molar refractivity (Wildman–Crippen MR) is 144 cm³/mol. The summed E-state index contributed by atoms with van der Waals surface area (Å²) in [5.41, 5.74) is 2.47. The molecule has 1 saturated carbocycles. The summed E-state index contributed by atoms with van der Waals surface area (Å²) in [6.07, 6.45) is -1.22. The van der Waals surface area contributed by atoms with Crippen LogP contribution in [0.25, 0.3) is 5.76 Å². The van der Waals surface area contributed by atoms with Crippen LogP contribution in [-0.2, 0) is 32.1 Å². The summed E-state index contributed by atoms with van der Waals surface area (Å²) in [5.74, 6) is -7.20. The van der Waals surface area contributed by atoms with Crippen LogP contribution in [-0.4, -0.2) is 74.1 Å². The number of nitrogens with zero attached hydrogens (tertiary/aromatic N) is 1. The van der Waals surface area contributed by atoms with Gasteiger partial charge in [-0.25, -0.2) is 4.79 Å². The number of alkyl carbamates (subject to hydrolysis) is 1. The Morgan fingerprint density at radius 1 is 1.20 bits per heavy atom. The lowest BCUT2D eigenvalue weighted by Gasteiger charge is -2.46. The molecule has 15 heteroatoms. The smallest absolute Gasteiger partial charge is 0.407 e. The Kier molecular flexibility index (Phi) is 7.69. The highest BCUT2D eigenvalue weighted by molar-refractivity contribution is 6.67. The molecule has 1 unspecified atom stereocenters. The maximum absolute atomic E-state index is 13.7. The van der Waals surface area contributed by atoms with Gasteiger partial charge < -0.3 is 41.1 Å². The number of aliphatic hydroxyl groups is 3. The highest BCUT2D eigenvalue weighted by Crippen LogP contribution is 2.53. The molecule has 0 bridgehead atoms. The van der Waals surface area contributed by atoms with Crippen LogP contribution in [0.5, 0.6) is 5.75 Å². The van der Waals surface area contributed by atoms with Gasteiger partial charge in [0.15, 0.2) is 11.4 Å². The second-order valence-corrected chi connectivity index (χ2v) is 12.6. The Bertz CT molecular complexity index is 1400. The molecule has 216 valence electrons. The molecule has 1 aromatic carbocycles. The minimum Gasteiger partial charge on any atom is -0.508 e. The number of alkyl halides is 3. The normalized spacial score (nSPS) is 24.2. The number of halogens is 3. The number of carbonyl (C=O) groups excluding carboxylic acids is 4. The average molecular weight is 619 g/mol. The Morgan fingerprint density at radius 3 is 2.42 bits per heavy atom. The van der Waals surface area contributed by atoms with Crippen molar-refractivity contribution in [2.75, 3.05) is 25.6 Å². The Hall–Kier alpha value is -3.19. The van der Waals surface area contributed by atoms with Gasteiger partial charge in [0.1, 0.15) is 29.4 Å². The van der Waals surface area contributed by atoms with E-state index in [9.17, 15) is 39.6 Å². The fourth-order valence-electron chi connectivity index (χ4n) is 5.62. The highest BCUT2D eigenvalue weighted by atomic mass is 35.6. The van der Waals surface area contributed by atoms with Crippen LogP contribution in [0, 0.1) is 11.8 Å². The molecule has 40 heavy (non-hydrogen) atoms. The van der Waals surface area contributed by atoms with Gasteiger partial charge in [0.25, 0.3) is 5.91 Å². The number of ketones is 2. The molecule has 0 radical (unpaired) electrons. The number of nitrogens with one attached hydrogen (secondary N) is 1. The minimum absolute atomic E-state index is 0.00883. The maximum atomic E-state index is 13.7. The molecule has 0 aliphatic heterocycles. The van der Waals surface area contributed by atoms with Crippen LogP contribution in [0.2, 0.25) is 0 Å². The van der Waals surface area contributed by atoms with E-state index < -0.39 is 80.7 Å². The zero-order chi connectivity index (χ0) is 29.9. The number of amides is 2. The summed E-state index contributed by atoms with van der Waals surface area (Å²) in [5, 5.41) is 47.0. The standard InChI is InChI=1S/C25H26Cl3N3O9/c1-31(2)13-5-10(7-30-23(38)40-8-24(26,27)28)18(33)16-12(13)4-9-3-11-6-14(32)17(22(29)37)21(36)25(11,39)20(35)15(9)19(16)34/h5,9,11,33-34,36,39H,3-4,6-8H2,1-2H3,(H2,29,37)(H,30,38)/t9?,11-,25-/m0/s1. The fraction of sp³-hybridized carbons (Fsp3) is 0.440. The maximum Gasteiger partial charge on any atom is 0.407 e. The summed E-state index contributed by atoms with van der Waals surface area (Å²) in [6, 6.07) is 1.58. The number of fused-ring (bicyclic) bond motifs is 3. The molecule has 3 atom stereocenters. The first-order chi connectivity index (χ1) is 18.5. The van der Waals surface area contributed by atoms with E-state index in [1.807, 2.05) is 0 Å². The van der Waals surface area contributed by atoms with E-state index in [2.05, 4.69) is 5.32 Å². The first kappa shape index (κ1) is 29.8. The van der Waals surface area contributed by atoms with Crippen LogP contribution in [0.15, 0.2) is 23.0 Å². The number of Topliss-reactive ketones (excluding diaryl/α,β-unsaturated/α-hetero) is 2. The molecule has 1 aromatic rings. The molecule has 7 N–H and O–H groups in total. The number of carbonyl (C=O) groups is 4. The summed E-state index contributed by atoms with van der Waals surface area (Å²) in [7, 11) is 3.43. The van der Waals surface area contributed by atoms with E-state index in [0.29, 0.717) is 11.3 Å². The number of aromatic hydroxyl groups is 1. The average Bonchev–Trinajstić information content (AvgIpc) is 2.83. The van der Waals surface area contributed by atoms with Crippen molar-refractivity contribution in [1.82, 2.24) is 5.32 Å². The lowest BCUT2D eigenvalue weighted by Crippen LogP contribution is -2.58. The SMILES string of the molecule is CN(C)c1cc(CNC(=O)OCC(Cl)(Cl)Cl)c(O)c2c1CC1C[C@H]3CC(=O)C(C(N)=O)=C(O)[C@@]3(O)C(=O)C1=C2O. The number of primary amides is 1. The number of benzene rings is 1. The van der Waals surface area contributed by atoms with Crippen molar-refractivity contribution >= 4 is 69.8 Å². The quantitative estimate of drug-likeness (QED) is 0.210. The molecule has 0 saturated heterocycles. The van der Waals surface area contributed by atoms with Crippen molar-refractivity contribution in [2.45, 2.75) is 35.2 Å². The number of phenolic OH excluding ortho intramolecular Hbond substituents is 1. The lowest BCUT2D eigenvalue weighted by atomic mass is 9.59. The third-order valence-electron chi connectivity index (χ3n) is 7.39. The Morgan fingerprint density at radius 2 is 1.85 bits per heavy atom. The zero-order valence-corrected chi connectivity index (χ0v) is 23.5. The minimum atomic E-state index is -2.67. The van der Waals surface area contributed by atoms with Gasteiger partial charge in [0, 0.05) is 49.8 Å². The van der Waals surface area contributed by atoms with E-state index in [0.717, 1.165) is 0 Å². The second kappa shape index (κ2) is 10.3. The Balaban J connectivity index is 1.78. The molecule has 12 nitrogen and oxygen atoms in total. The highest BCUT2D eigenvalue weighted by Gasteiger charge is 2.60. The van der Waals surface area contributed by atoms with Crippen molar-refractivity contribution < 1.29 is 44.3 Å². The predicted octanol–water partition coefficient (Wildman–Crippen LogP) is 2.09. The third kappa shape index (κ3) is 4.93. The second-order valence-electron chi connectivity index (χ2n) is 10.1. The van der Waals surface area contributed by atoms with Gasteiger partial charge in [-0.2, -0.15) is 0 Å². The first-order valence-corrected chi connectivity index (χ1v) is 13.1. The molecule has 3 aliphatic carbocycles. The van der Waals surface area contributed by atoms with E-state index in [4.69, 9.17) is 45.3 Å². The van der Waals surface area contributed by atoms with Crippen molar-refractivity contribution in [3.05, 3.63) is 39.7 Å². The van der Waals surface area contributed by atoms with E-state index in [1.165, 1.54) is 0 Å². The van der Waals surface area contributed by atoms with Gasteiger partial charge in [-0.05, 0) is 30.4 Å². The number of ether oxygens (including phenoxy) is 1. The van der Waals surface area contributed by atoms with Crippen molar-refractivity contribution in [1.29, 1.82) is 0 Å². The third-order valence-corrected chi connectivity index (χ3v) is 7.72. The number of hydrogen-bond donors (Lipinski definition) is 6. The van der Waals surface area contributed by atoms with Crippen molar-refractivity contribution in [3.8, 4) is 5.75 Å². The first-order valence-electron chi connectivity index (χ1n) is 12.0. The fourth-order valence-corrected chi connectivity index (χ4v) is 5.79. The zero-order valence-electron chi connectivity index (χ0n) is 21.3. The summed E-state index contributed by atoms with van der Waals surface area (Å²) < 4.78 is 2.98. The molecule has 4 rings (SSSR count). The Labute approximate surface area is 242 Å². The molecule has 0 heterocycles. The van der Waals surface area contributed by atoms with Crippen LogP contribution in [0.3, 0.4) is 0 Å². The molecule has 1 fully saturated rings. The monoisotopic (exact) mass is 617 g/mol. The van der Waals surface area contributed by atoms with Crippen molar-refractivity contribution in [2.24, 2.45) is 17.6 Å². The molecular formula is C25H26Cl3N3O9. The number of hydrogen-bond acceptors (Lipinski definition) is 10. The van der Waals surface area contributed by atoms with Gasteiger partial charge >= 0.3 is 6.09 Å². The number of nitrogens with two attached hydrogens (primary N) is 1. The van der Waals surface area contributed by atoms with Crippen LogP contribution in [0.1, 0.15) is 29.5 Å². The number of aliphatic hydroxyl groups excluding tert-OH is 2. The molecular weight excluding hydrogens is 593 g/mol. The molecule has 2 amide bonds. The molecule has 0 spiro atoms. The lowest BCUT2D eigenvalue weighted by molar-refractivity contribution is -0.147. The molecule has 3 aliphatic rings. The molecule has 0 aromatic heterocycles. The topological polar surface area (TPSA) is 200 Å². The van der Waals surface area contributed by atoms with Gasteiger partial charge in [-0.15, -0.1) is 0 Å². The largest absolute Gasteiger partial charge is 0.508 e. The van der Waals surface area contributed by atoms with E-state index in [-0.39, 0.29) is 36.1 Å². The summed E-state index contributed by atoms with van der Waals surface area (Å²) in [6.45, 7) is -0.814. The van der Waals surface area contributed by atoms with Crippen molar-refractivity contribution in [3.63, 3.8) is 0 Å². The summed E-state index contributed by atoms with van der Waals surface area (Å²) in [4.78, 5) is 51.7. The van der Waals surface area contributed by atoms with E-state index >= 15 is 0 Å².